The van der Waals surface area contributed by atoms with Crippen molar-refractivity contribution in [3.63, 3.8) is 0 Å². The van der Waals surface area contributed by atoms with Crippen molar-refractivity contribution in [2.24, 2.45) is 0 Å². The molecule has 0 bridgehead atoms. The minimum Gasteiger partial charge on any atom is -0.323 e. The fourth-order valence-corrected chi connectivity index (χ4v) is 2.35. The SMILES string of the molecule is Cc1ncc(NC(=O)CNC2CCCC2)cc1[N+](=O)[O-]. The molecule has 0 aromatic carbocycles. The van der Waals surface area contributed by atoms with Crippen molar-refractivity contribution in [3.05, 3.63) is 28.1 Å². The quantitative estimate of drug-likeness (QED) is 0.632. The average molecular weight is 278 g/mol. The first-order chi connectivity index (χ1) is 9.56. The molecule has 1 amide bonds. The standard InChI is InChI=1S/C13H18N4O3/c1-9-12(17(19)20)6-11(7-14-9)16-13(18)8-15-10-4-2-3-5-10/h6-7,10,15H,2-5,8H2,1H3,(H,16,18). The molecule has 0 saturated heterocycles. The average Bonchev–Trinajstić information content (AvgIpc) is 2.91. The number of hydrogen-bond acceptors (Lipinski definition) is 5. The van der Waals surface area contributed by atoms with E-state index in [1.165, 1.54) is 25.1 Å². The Labute approximate surface area is 116 Å². The van der Waals surface area contributed by atoms with E-state index in [1.54, 1.807) is 6.92 Å². The number of carbonyl (C=O) groups is 1. The van der Waals surface area contributed by atoms with Crippen LogP contribution in [0.2, 0.25) is 0 Å². The highest BCUT2D eigenvalue weighted by atomic mass is 16.6. The summed E-state index contributed by atoms with van der Waals surface area (Å²) in [6.07, 6.45) is 6.03. The second-order valence-corrected chi connectivity index (χ2v) is 5.00. The summed E-state index contributed by atoms with van der Waals surface area (Å²) in [5.74, 6) is -0.211. The van der Waals surface area contributed by atoms with Gasteiger partial charge in [-0.25, -0.2) is 0 Å². The van der Waals surface area contributed by atoms with Crippen LogP contribution < -0.4 is 10.6 Å². The molecular weight excluding hydrogens is 260 g/mol. The van der Waals surface area contributed by atoms with E-state index in [0.717, 1.165) is 12.8 Å². The summed E-state index contributed by atoms with van der Waals surface area (Å²) in [7, 11) is 0. The molecule has 0 radical (unpaired) electrons. The lowest BCUT2D eigenvalue weighted by atomic mass is 10.2. The first-order valence-electron chi connectivity index (χ1n) is 6.70. The molecule has 0 spiro atoms. The van der Waals surface area contributed by atoms with Crippen molar-refractivity contribution in [2.45, 2.75) is 38.6 Å². The Hall–Kier alpha value is -2.02. The number of nitrogens with one attached hydrogen (secondary N) is 2. The number of anilines is 1. The third-order valence-electron chi connectivity index (χ3n) is 3.45. The maximum Gasteiger partial charge on any atom is 0.292 e. The Morgan fingerprint density at radius 2 is 2.20 bits per heavy atom. The fourth-order valence-electron chi connectivity index (χ4n) is 2.35. The number of hydrogen-bond donors (Lipinski definition) is 2. The van der Waals surface area contributed by atoms with Gasteiger partial charge >= 0.3 is 0 Å². The van der Waals surface area contributed by atoms with Crippen LogP contribution in [0.4, 0.5) is 11.4 Å². The summed E-state index contributed by atoms with van der Waals surface area (Å²) in [6, 6.07) is 1.74. The molecule has 1 aliphatic carbocycles. The van der Waals surface area contributed by atoms with E-state index in [0.29, 0.717) is 17.4 Å². The summed E-state index contributed by atoms with van der Waals surface area (Å²) in [4.78, 5) is 26.0. The molecule has 20 heavy (non-hydrogen) atoms. The number of nitro groups is 1. The van der Waals surface area contributed by atoms with E-state index < -0.39 is 4.92 Å². The Bertz CT molecular complexity index is 512. The highest BCUT2D eigenvalue weighted by Gasteiger charge is 2.16. The van der Waals surface area contributed by atoms with Gasteiger partial charge in [0.25, 0.3) is 5.69 Å². The molecule has 1 aromatic heterocycles. The maximum atomic E-state index is 11.8. The molecule has 7 heteroatoms. The van der Waals surface area contributed by atoms with Crippen molar-refractivity contribution >= 4 is 17.3 Å². The van der Waals surface area contributed by atoms with Gasteiger partial charge in [-0.2, -0.15) is 0 Å². The number of aromatic nitrogens is 1. The molecule has 108 valence electrons. The first-order valence-corrected chi connectivity index (χ1v) is 6.70. The smallest absolute Gasteiger partial charge is 0.292 e. The van der Waals surface area contributed by atoms with Crippen molar-refractivity contribution in [3.8, 4) is 0 Å². The van der Waals surface area contributed by atoms with Crippen LogP contribution in [0, 0.1) is 17.0 Å². The van der Waals surface area contributed by atoms with Crippen LogP contribution in [0.1, 0.15) is 31.4 Å². The van der Waals surface area contributed by atoms with Crippen LogP contribution in [0.3, 0.4) is 0 Å². The molecule has 0 aliphatic heterocycles. The van der Waals surface area contributed by atoms with Gasteiger partial charge < -0.3 is 10.6 Å². The zero-order valence-electron chi connectivity index (χ0n) is 11.4. The molecule has 1 aliphatic rings. The third-order valence-corrected chi connectivity index (χ3v) is 3.45. The number of aryl methyl sites for hydroxylation is 1. The lowest BCUT2D eigenvalue weighted by molar-refractivity contribution is -0.385. The highest BCUT2D eigenvalue weighted by molar-refractivity contribution is 5.92. The monoisotopic (exact) mass is 278 g/mol. The fraction of sp³-hybridized carbons (Fsp3) is 0.538. The molecule has 2 N–H and O–H groups in total. The van der Waals surface area contributed by atoms with Crippen LogP contribution in [-0.4, -0.2) is 28.4 Å². The van der Waals surface area contributed by atoms with E-state index in [2.05, 4.69) is 15.6 Å². The lowest BCUT2D eigenvalue weighted by Gasteiger charge is -2.11. The molecule has 0 unspecified atom stereocenters. The molecule has 0 atom stereocenters. The van der Waals surface area contributed by atoms with Gasteiger partial charge in [-0.1, -0.05) is 12.8 Å². The van der Waals surface area contributed by atoms with E-state index in [-0.39, 0.29) is 18.1 Å². The van der Waals surface area contributed by atoms with Gasteiger partial charge in [-0.3, -0.25) is 19.9 Å². The van der Waals surface area contributed by atoms with Gasteiger partial charge in [0.05, 0.1) is 23.4 Å². The molecule has 1 aromatic rings. The molecule has 1 fully saturated rings. The van der Waals surface area contributed by atoms with Gasteiger partial charge in [0.15, 0.2) is 0 Å². The summed E-state index contributed by atoms with van der Waals surface area (Å²) >= 11 is 0. The van der Waals surface area contributed by atoms with E-state index in [1.807, 2.05) is 0 Å². The Morgan fingerprint density at radius 3 is 2.85 bits per heavy atom. The summed E-state index contributed by atoms with van der Waals surface area (Å²) < 4.78 is 0. The van der Waals surface area contributed by atoms with Crippen molar-refractivity contribution in [2.75, 3.05) is 11.9 Å². The molecule has 7 nitrogen and oxygen atoms in total. The van der Waals surface area contributed by atoms with Crippen molar-refractivity contribution < 1.29 is 9.72 Å². The van der Waals surface area contributed by atoms with E-state index in [9.17, 15) is 14.9 Å². The topological polar surface area (TPSA) is 97.2 Å². The second-order valence-electron chi connectivity index (χ2n) is 5.00. The Kier molecular flexibility index (Phi) is 4.62. The van der Waals surface area contributed by atoms with Crippen LogP contribution in [0.15, 0.2) is 12.3 Å². The highest BCUT2D eigenvalue weighted by Crippen LogP contribution is 2.20. The molecule has 2 rings (SSSR count). The number of carbonyl (C=O) groups excluding carboxylic acids is 1. The molecular formula is C13H18N4O3. The Balaban J connectivity index is 1.90. The van der Waals surface area contributed by atoms with E-state index >= 15 is 0 Å². The van der Waals surface area contributed by atoms with E-state index in [4.69, 9.17) is 0 Å². The van der Waals surface area contributed by atoms with Crippen molar-refractivity contribution in [1.29, 1.82) is 0 Å². The number of amides is 1. The zero-order valence-corrected chi connectivity index (χ0v) is 11.4. The predicted octanol–water partition coefficient (Wildman–Crippen LogP) is 1.77. The number of pyridine rings is 1. The summed E-state index contributed by atoms with van der Waals surface area (Å²) in [5, 5.41) is 16.6. The zero-order chi connectivity index (χ0) is 14.5. The van der Waals surface area contributed by atoms with Gasteiger partial charge in [-0.05, 0) is 19.8 Å². The van der Waals surface area contributed by atoms with Gasteiger partial charge in [0.1, 0.15) is 5.69 Å². The van der Waals surface area contributed by atoms with Crippen LogP contribution >= 0.6 is 0 Å². The first kappa shape index (κ1) is 14.4. The maximum absolute atomic E-state index is 11.8. The van der Waals surface area contributed by atoms with Gasteiger partial charge in [-0.15, -0.1) is 0 Å². The molecule has 1 saturated carbocycles. The lowest BCUT2D eigenvalue weighted by Crippen LogP contribution is -2.34. The largest absolute Gasteiger partial charge is 0.323 e. The van der Waals surface area contributed by atoms with Gasteiger partial charge in [0.2, 0.25) is 5.91 Å². The van der Waals surface area contributed by atoms with Crippen molar-refractivity contribution in [1.82, 2.24) is 10.3 Å². The van der Waals surface area contributed by atoms with Crippen LogP contribution in [0.25, 0.3) is 0 Å². The second kappa shape index (κ2) is 6.42. The number of rotatable bonds is 5. The third kappa shape index (κ3) is 3.74. The van der Waals surface area contributed by atoms with Gasteiger partial charge in [0, 0.05) is 12.1 Å². The minimum absolute atomic E-state index is 0.0912. The summed E-state index contributed by atoms with van der Waals surface area (Å²) in [5.41, 5.74) is 0.587. The minimum atomic E-state index is -0.505. The van der Waals surface area contributed by atoms with Crippen LogP contribution in [-0.2, 0) is 4.79 Å². The summed E-state index contributed by atoms with van der Waals surface area (Å²) in [6.45, 7) is 1.78. The number of nitrogens with zero attached hydrogens (tertiary/aromatic N) is 2. The normalized spacial score (nSPS) is 15.2. The molecule has 1 heterocycles. The van der Waals surface area contributed by atoms with Crippen LogP contribution in [0.5, 0.6) is 0 Å². The predicted molar refractivity (Wildman–Crippen MR) is 74.5 cm³/mol. The Morgan fingerprint density at radius 1 is 1.50 bits per heavy atom.